The molecule has 0 bridgehead atoms. The van der Waals surface area contributed by atoms with Crippen molar-refractivity contribution in [2.45, 2.75) is 24.8 Å². The van der Waals surface area contributed by atoms with Gasteiger partial charge in [-0.25, -0.2) is 0 Å². The zero-order valence-electron chi connectivity index (χ0n) is 13.2. The number of amides is 1. The van der Waals surface area contributed by atoms with Crippen LogP contribution in [0.15, 0.2) is 53.4 Å². The molecule has 2 aromatic rings. The molecule has 5 heteroatoms. The molecule has 3 nitrogen and oxygen atoms in total. The number of ether oxygens (including phenoxy) is 1. The summed E-state index contributed by atoms with van der Waals surface area (Å²) in [5.41, 5.74) is 0.927. The van der Waals surface area contributed by atoms with Gasteiger partial charge in [0.05, 0.1) is 0 Å². The number of carbonyl (C=O) groups is 1. The summed E-state index contributed by atoms with van der Waals surface area (Å²) in [6.45, 7) is 4.25. The number of aryl methyl sites for hydroxylation is 1. The molecule has 0 saturated carbocycles. The fraction of sp³-hybridized carbons (Fsp3) is 0.278. The van der Waals surface area contributed by atoms with Crippen LogP contribution in [0.3, 0.4) is 0 Å². The van der Waals surface area contributed by atoms with Gasteiger partial charge in [-0.3, -0.25) is 4.79 Å². The van der Waals surface area contributed by atoms with Crippen molar-refractivity contribution in [2.24, 2.45) is 0 Å². The smallest absolute Gasteiger partial charge is 0.260 e. The Morgan fingerprint density at radius 1 is 1.26 bits per heavy atom. The van der Waals surface area contributed by atoms with E-state index in [4.69, 9.17) is 16.3 Å². The number of hydrogen-bond donors (Lipinski definition) is 1. The van der Waals surface area contributed by atoms with E-state index < -0.39 is 6.10 Å². The molecule has 0 aromatic heterocycles. The van der Waals surface area contributed by atoms with Crippen LogP contribution in [0, 0.1) is 6.92 Å². The summed E-state index contributed by atoms with van der Waals surface area (Å²) >= 11 is 7.69. The van der Waals surface area contributed by atoms with Gasteiger partial charge in [0.2, 0.25) is 0 Å². The van der Waals surface area contributed by atoms with E-state index in [1.54, 1.807) is 30.8 Å². The van der Waals surface area contributed by atoms with Crippen molar-refractivity contribution < 1.29 is 9.53 Å². The fourth-order valence-electron chi connectivity index (χ4n) is 1.95. The zero-order chi connectivity index (χ0) is 16.7. The Bertz CT molecular complexity index is 649. The summed E-state index contributed by atoms with van der Waals surface area (Å²) in [7, 11) is 0. The molecule has 1 amide bonds. The first-order valence-electron chi connectivity index (χ1n) is 7.44. The maximum absolute atomic E-state index is 12.0. The summed E-state index contributed by atoms with van der Waals surface area (Å²) in [5, 5.41) is 3.58. The Balaban J connectivity index is 1.73. The SMILES string of the molecule is Cc1cc(O[C@@H](C)C(=O)NCCSc2ccccc2)ccc1Cl. The number of carbonyl (C=O) groups excluding carboxylic acids is 1. The summed E-state index contributed by atoms with van der Waals surface area (Å²) < 4.78 is 5.65. The van der Waals surface area contributed by atoms with Crippen LogP contribution in [0.25, 0.3) is 0 Å². The molecule has 1 atom stereocenters. The van der Waals surface area contributed by atoms with E-state index >= 15 is 0 Å². The Hall–Kier alpha value is -1.65. The van der Waals surface area contributed by atoms with E-state index in [1.165, 1.54) is 4.90 Å². The zero-order valence-corrected chi connectivity index (χ0v) is 14.8. The van der Waals surface area contributed by atoms with Crippen molar-refractivity contribution in [2.75, 3.05) is 12.3 Å². The van der Waals surface area contributed by atoms with Crippen LogP contribution in [0.1, 0.15) is 12.5 Å². The van der Waals surface area contributed by atoms with Crippen LogP contribution in [0.4, 0.5) is 0 Å². The fourth-order valence-corrected chi connectivity index (χ4v) is 2.86. The highest BCUT2D eigenvalue weighted by atomic mass is 35.5. The first-order valence-corrected chi connectivity index (χ1v) is 8.81. The maximum Gasteiger partial charge on any atom is 0.260 e. The normalized spacial score (nSPS) is 11.8. The van der Waals surface area contributed by atoms with Gasteiger partial charge < -0.3 is 10.1 Å². The largest absolute Gasteiger partial charge is 0.481 e. The molecule has 0 aliphatic rings. The highest BCUT2D eigenvalue weighted by molar-refractivity contribution is 7.99. The minimum Gasteiger partial charge on any atom is -0.481 e. The van der Waals surface area contributed by atoms with E-state index in [2.05, 4.69) is 17.4 Å². The third-order valence-electron chi connectivity index (χ3n) is 3.22. The van der Waals surface area contributed by atoms with Crippen LogP contribution in [-0.4, -0.2) is 24.3 Å². The lowest BCUT2D eigenvalue weighted by Crippen LogP contribution is -2.37. The Morgan fingerprint density at radius 2 is 2.00 bits per heavy atom. The van der Waals surface area contributed by atoms with Gasteiger partial charge in [-0.1, -0.05) is 29.8 Å². The van der Waals surface area contributed by atoms with Crippen LogP contribution in [0.2, 0.25) is 5.02 Å². The lowest BCUT2D eigenvalue weighted by atomic mass is 10.2. The lowest BCUT2D eigenvalue weighted by Gasteiger charge is -2.15. The van der Waals surface area contributed by atoms with Crippen molar-refractivity contribution in [1.29, 1.82) is 0 Å². The van der Waals surface area contributed by atoms with E-state index in [9.17, 15) is 4.79 Å². The Morgan fingerprint density at radius 3 is 2.70 bits per heavy atom. The molecular weight excluding hydrogens is 330 g/mol. The van der Waals surface area contributed by atoms with Gasteiger partial charge >= 0.3 is 0 Å². The Kier molecular flexibility index (Phi) is 6.81. The van der Waals surface area contributed by atoms with Crippen LogP contribution in [0.5, 0.6) is 5.75 Å². The third kappa shape index (κ3) is 5.81. The predicted molar refractivity (Wildman–Crippen MR) is 96.5 cm³/mol. The van der Waals surface area contributed by atoms with E-state index in [0.29, 0.717) is 17.3 Å². The number of benzene rings is 2. The molecule has 1 N–H and O–H groups in total. The molecule has 0 saturated heterocycles. The maximum atomic E-state index is 12.0. The third-order valence-corrected chi connectivity index (χ3v) is 4.66. The highest BCUT2D eigenvalue weighted by Gasteiger charge is 2.14. The number of rotatable bonds is 7. The van der Waals surface area contributed by atoms with E-state index in [1.807, 2.05) is 31.2 Å². The summed E-state index contributed by atoms with van der Waals surface area (Å²) in [6.07, 6.45) is -0.544. The molecule has 23 heavy (non-hydrogen) atoms. The van der Waals surface area contributed by atoms with Gasteiger partial charge in [0.25, 0.3) is 5.91 Å². The number of thioether (sulfide) groups is 1. The standard InChI is InChI=1S/C18H20ClNO2S/c1-13-12-15(8-9-17(13)19)22-14(2)18(21)20-10-11-23-16-6-4-3-5-7-16/h3-9,12,14H,10-11H2,1-2H3,(H,20,21)/t14-/m0/s1. The van der Waals surface area contributed by atoms with E-state index in [-0.39, 0.29) is 5.91 Å². The second-order valence-electron chi connectivity index (χ2n) is 5.12. The molecule has 0 unspecified atom stereocenters. The second-order valence-corrected chi connectivity index (χ2v) is 6.70. The highest BCUT2D eigenvalue weighted by Crippen LogP contribution is 2.22. The van der Waals surface area contributed by atoms with Gasteiger partial charge in [-0.2, -0.15) is 0 Å². The topological polar surface area (TPSA) is 38.3 Å². The van der Waals surface area contributed by atoms with Gasteiger partial charge in [-0.15, -0.1) is 11.8 Å². The second kappa shape index (κ2) is 8.85. The molecule has 122 valence electrons. The Labute approximate surface area is 146 Å². The van der Waals surface area contributed by atoms with Gasteiger partial charge in [0.1, 0.15) is 5.75 Å². The lowest BCUT2D eigenvalue weighted by molar-refractivity contribution is -0.127. The summed E-state index contributed by atoms with van der Waals surface area (Å²) in [6, 6.07) is 15.5. The molecule has 0 radical (unpaired) electrons. The van der Waals surface area contributed by atoms with E-state index in [0.717, 1.165) is 11.3 Å². The van der Waals surface area contributed by atoms with Crippen molar-refractivity contribution in [3.8, 4) is 5.75 Å². The van der Waals surface area contributed by atoms with Crippen LogP contribution < -0.4 is 10.1 Å². The molecule has 0 heterocycles. The monoisotopic (exact) mass is 349 g/mol. The van der Waals surface area contributed by atoms with Crippen molar-refractivity contribution in [3.05, 3.63) is 59.1 Å². The quantitative estimate of drug-likeness (QED) is 0.597. The predicted octanol–water partition coefficient (Wildman–Crippen LogP) is 4.32. The molecule has 0 spiro atoms. The summed E-state index contributed by atoms with van der Waals surface area (Å²) in [5.74, 6) is 1.35. The minimum absolute atomic E-state index is 0.119. The van der Waals surface area contributed by atoms with Gasteiger partial charge in [0.15, 0.2) is 6.10 Å². The molecule has 0 fully saturated rings. The molecule has 2 aromatic carbocycles. The number of halogens is 1. The van der Waals surface area contributed by atoms with Crippen LogP contribution >= 0.6 is 23.4 Å². The first kappa shape index (κ1) is 17.7. The molecule has 2 rings (SSSR count). The van der Waals surface area contributed by atoms with Crippen molar-refractivity contribution in [3.63, 3.8) is 0 Å². The minimum atomic E-state index is -0.544. The average molecular weight is 350 g/mol. The summed E-state index contributed by atoms with van der Waals surface area (Å²) in [4.78, 5) is 13.2. The number of hydrogen-bond acceptors (Lipinski definition) is 3. The van der Waals surface area contributed by atoms with Gasteiger partial charge in [0, 0.05) is 22.2 Å². The van der Waals surface area contributed by atoms with Crippen molar-refractivity contribution in [1.82, 2.24) is 5.32 Å². The molecule has 0 aliphatic carbocycles. The van der Waals surface area contributed by atoms with Crippen molar-refractivity contribution >= 4 is 29.3 Å². The molecule has 0 aliphatic heterocycles. The number of nitrogens with one attached hydrogen (secondary N) is 1. The molecular formula is C18H20ClNO2S. The van der Waals surface area contributed by atoms with Crippen LogP contribution in [-0.2, 0) is 4.79 Å². The van der Waals surface area contributed by atoms with Gasteiger partial charge in [-0.05, 0) is 49.7 Å². The first-order chi connectivity index (χ1) is 11.1. The average Bonchev–Trinajstić information content (AvgIpc) is 2.55.